The molecule has 1 fully saturated rings. The third-order valence-electron chi connectivity index (χ3n) is 3.22. The Morgan fingerprint density at radius 3 is 2.47 bits per heavy atom. The molecule has 0 bridgehead atoms. The van der Waals surface area contributed by atoms with Crippen molar-refractivity contribution in [1.82, 2.24) is 4.90 Å². The molecule has 15 heavy (non-hydrogen) atoms. The molecular weight excluding hydrogens is 188 g/mol. The van der Waals surface area contributed by atoms with Crippen LogP contribution in [0.25, 0.3) is 0 Å². The van der Waals surface area contributed by atoms with Crippen molar-refractivity contribution < 1.29 is 4.79 Å². The van der Waals surface area contributed by atoms with E-state index in [0.717, 1.165) is 19.4 Å². The molecule has 0 aromatic rings. The molecule has 1 rings (SSSR count). The number of likely N-dealkylation sites (tertiary alicyclic amines) is 1. The Bertz CT molecular complexity index is 232. The lowest BCUT2D eigenvalue weighted by molar-refractivity contribution is -0.144. The Labute approximate surface area is 93.0 Å². The summed E-state index contributed by atoms with van der Waals surface area (Å²) in [5.74, 6) is 0.751. The van der Waals surface area contributed by atoms with Crippen LogP contribution in [0.3, 0.4) is 0 Å². The zero-order chi connectivity index (χ0) is 11.6. The van der Waals surface area contributed by atoms with E-state index < -0.39 is 0 Å². The van der Waals surface area contributed by atoms with Gasteiger partial charge in [0.1, 0.15) is 0 Å². The quantitative estimate of drug-likeness (QED) is 0.718. The van der Waals surface area contributed by atoms with Gasteiger partial charge in [-0.3, -0.25) is 4.79 Å². The summed E-state index contributed by atoms with van der Waals surface area (Å²) in [6.45, 7) is 9.61. The van der Waals surface area contributed by atoms with Gasteiger partial charge in [0.2, 0.25) is 5.91 Å². The highest BCUT2D eigenvalue weighted by molar-refractivity contribution is 5.81. The number of piperidine rings is 1. The zero-order valence-electron chi connectivity index (χ0n) is 10.4. The maximum absolute atomic E-state index is 12.2. The third kappa shape index (κ3) is 2.94. The maximum Gasteiger partial charge on any atom is 0.228 e. The van der Waals surface area contributed by atoms with Gasteiger partial charge >= 0.3 is 0 Å². The maximum atomic E-state index is 12.2. The van der Waals surface area contributed by atoms with Crippen LogP contribution in [0, 0.1) is 11.3 Å². The van der Waals surface area contributed by atoms with E-state index >= 15 is 0 Å². The highest BCUT2D eigenvalue weighted by Crippen LogP contribution is 2.26. The fourth-order valence-corrected chi connectivity index (χ4v) is 2.09. The normalized spacial score (nSPS) is 27.9. The minimum absolute atomic E-state index is 0.258. The lowest BCUT2D eigenvalue weighted by Gasteiger charge is -2.40. The van der Waals surface area contributed by atoms with Crippen LogP contribution in [-0.2, 0) is 4.79 Å². The van der Waals surface area contributed by atoms with Gasteiger partial charge in [0.05, 0.1) is 0 Å². The molecule has 0 radical (unpaired) electrons. The van der Waals surface area contributed by atoms with Crippen molar-refractivity contribution in [2.24, 2.45) is 17.1 Å². The first-order chi connectivity index (χ1) is 6.86. The Balaban J connectivity index is 2.70. The Morgan fingerprint density at radius 2 is 2.00 bits per heavy atom. The van der Waals surface area contributed by atoms with Crippen molar-refractivity contribution in [1.29, 1.82) is 0 Å². The monoisotopic (exact) mass is 212 g/mol. The summed E-state index contributed by atoms with van der Waals surface area (Å²) < 4.78 is 0. The topological polar surface area (TPSA) is 46.3 Å². The largest absolute Gasteiger partial charge is 0.339 e. The van der Waals surface area contributed by atoms with Crippen LogP contribution in [0.15, 0.2) is 0 Å². The molecule has 2 unspecified atom stereocenters. The van der Waals surface area contributed by atoms with Crippen molar-refractivity contribution in [2.75, 3.05) is 13.1 Å². The molecule has 2 atom stereocenters. The summed E-state index contributed by atoms with van der Waals surface area (Å²) in [5, 5.41) is 0. The van der Waals surface area contributed by atoms with Gasteiger partial charge in [0, 0.05) is 18.0 Å². The molecule has 0 aromatic heterocycles. The molecule has 3 heteroatoms. The molecule has 0 spiro atoms. The van der Waals surface area contributed by atoms with E-state index in [1.807, 2.05) is 25.7 Å². The number of nitrogens with two attached hydrogens (primary N) is 1. The van der Waals surface area contributed by atoms with Gasteiger partial charge in [0.15, 0.2) is 0 Å². The first-order valence-corrected chi connectivity index (χ1v) is 5.87. The van der Waals surface area contributed by atoms with Gasteiger partial charge in [-0.1, -0.05) is 20.8 Å². The van der Waals surface area contributed by atoms with Crippen molar-refractivity contribution in [3.63, 3.8) is 0 Å². The molecule has 0 aromatic carbocycles. The van der Waals surface area contributed by atoms with Crippen LogP contribution in [-0.4, -0.2) is 29.9 Å². The van der Waals surface area contributed by atoms with E-state index in [1.54, 1.807) is 0 Å². The minimum Gasteiger partial charge on any atom is -0.339 e. The molecule has 3 nitrogen and oxygen atoms in total. The van der Waals surface area contributed by atoms with Crippen molar-refractivity contribution in [3.8, 4) is 0 Å². The molecule has 1 heterocycles. The van der Waals surface area contributed by atoms with Gasteiger partial charge in [-0.15, -0.1) is 0 Å². The van der Waals surface area contributed by atoms with Gasteiger partial charge < -0.3 is 10.6 Å². The van der Waals surface area contributed by atoms with Gasteiger partial charge in [0.25, 0.3) is 0 Å². The van der Waals surface area contributed by atoms with Crippen molar-refractivity contribution in [3.05, 3.63) is 0 Å². The lowest BCUT2D eigenvalue weighted by atomic mass is 9.88. The number of hydrogen-bond acceptors (Lipinski definition) is 2. The molecule has 88 valence electrons. The number of hydrogen-bond donors (Lipinski definition) is 1. The number of rotatable bonds is 1. The van der Waals surface area contributed by atoms with Crippen LogP contribution < -0.4 is 5.73 Å². The molecular formula is C12H24N2O. The summed E-state index contributed by atoms with van der Waals surface area (Å²) in [7, 11) is 0. The number of carbonyl (C=O) groups excluding carboxylic acids is 1. The second-order valence-electron chi connectivity index (χ2n) is 5.74. The zero-order valence-corrected chi connectivity index (χ0v) is 10.4. The number of carbonyl (C=O) groups is 1. The third-order valence-corrected chi connectivity index (χ3v) is 3.22. The average molecular weight is 212 g/mol. The van der Waals surface area contributed by atoms with E-state index in [0.29, 0.717) is 18.5 Å². The Morgan fingerprint density at radius 1 is 1.40 bits per heavy atom. The number of nitrogens with zero attached hydrogens (tertiary/aromatic N) is 1. The van der Waals surface area contributed by atoms with Crippen LogP contribution in [0.5, 0.6) is 0 Å². The summed E-state index contributed by atoms with van der Waals surface area (Å²) in [6.07, 6.45) is 2.25. The summed E-state index contributed by atoms with van der Waals surface area (Å²) in [6, 6.07) is 0.375. The van der Waals surface area contributed by atoms with E-state index in [4.69, 9.17) is 5.73 Å². The fraction of sp³-hybridized carbons (Fsp3) is 0.917. The highest BCUT2D eigenvalue weighted by atomic mass is 16.2. The van der Waals surface area contributed by atoms with Crippen molar-refractivity contribution in [2.45, 2.75) is 46.6 Å². The minimum atomic E-state index is -0.273. The highest BCUT2D eigenvalue weighted by Gasteiger charge is 2.34. The molecule has 0 aliphatic carbocycles. The summed E-state index contributed by atoms with van der Waals surface area (Å²) >= 11 is 0. The van der Waals surface area contributed by atoms with Crippen molar-refractivity contribution >= 4 is 5.91 Å². The Kier molecular flexibility index (Phi) is 3.77. The first kappa shape index (κ1) is 12.5. The van der Waals surface area contributed by atoms with Gasteiger partial charge in [-0.25, -0.2) is 0 Å². The summed E-state index contributed by atoms with van der Waals surface area (Å²) in [4.78, 5) is 14.2. The standard InChI is InChI=1S/C12H24N2O/c1-9-5-6-10(7-13)8-14(9)11(15)12(2,3)4/h9-10H,5-8,13H2,1-4H3. The van der Waals surface area contributed by atoms with Crippen LogP contribution >= 0.6 is 0 Å². The van der Waals surface area contributed by atoms with Crippen LogP contribution in [0.4, 0.5) is 0 Å². The molecule has 1 amide bonds. The van der Waals surface area contributed by atoms with E-state index in [9.17, 15) is 4.79 Å². The number of amides is 1. The predicted molar refractivity (Wildman–Crippen MR) is 62.4 cm³/mol. The second-order valence-corrected chi connectivity index (χ2v) is 5.74. The fourth-order valence-electron chi connectivity index (χ4n) is 2.09. The molecule has 1 aliphatic rings. The SMILES string of the molecule is CC1CCC(CN)CN1C(=O)C(C)(C)C. The van der Waals surface area contributed by atoms with Gasteiger partial charge in [-0.2, -0.15) is 0 Å². The molecule has 0 saturated carbocycles. The molecule has 1 saturated heterocycles. The van der Waals surface area contributed by atoms with E-state index in [2.05, 4.69) is 6.92 Å². The van der Waals surface area contributed by atoms with Gasteiger partial charge in [-0.05, 0) is 32.2 Å². The summed E-state index contributed by atoms with van der Waals surface area (Å²) in [5.41, 5.74) is 5.41. The Hall–Kier alpha value is -0.570. The average Bonchev–Trinajstić information content (AvgIpc) is 2.16. The van der Waals surface area contributed by atoms with Crippen LogP contribution in [0.2, 0.25) is 0 Å². The van der Waals surface area contributed by atoms with E-state index in [-0.39, 0.29) is 11.3 Å². The predicted octanol–water partition coefficient (Wildman–Crippen LogP) is 1.62. The second kappa shape index (κ2) is 4.52. The smallest absolute Gasteiger partial charge is 0.228 e. The lowest BCUT2D eigenvalue weighted by Crippen LogP contribution is -2.50. The first-order valence-electron chi connectivity index (χ1n) is 5.87. The van der Waals surface area contributed by atoms with E-state index in [1.165, 1.54) is 0 Å². The molecule has 1 aliphatic heterocycles. The molecule has 2 N–H and O–H groups in total. The van der Waals surface area contributed by atoms with Crippen LogP contribution in [0.1, 0.15) is 40.5 Å².